The van der Waals surface area contributed by atoms with Crippen LogP contribution < -0.4 is 47.3 Å². The molecule has 6 heteroatoms. The second kappa shape index (κ2) is 18.1. The van der Waals surface area contributed by atoms with Crippen molar-refractivity contribution >= 4 is 92.1 Å². The molecule has 0 aliphatic carbocycles. The fourth-order valence-electron chi connectivity index (χ4n) is 13.0. The Kier molecular flexibility index (Phi) is 10.4. The summed E-state index contributed by atoms with van der Waals surface area (Å²) < 4.78 is 6.96. The lowest BCUT2D eigenvalue weighted by molar-refractivity contribution is 0.486. The number of para-hydroxylation sites is 4. The average molecular weight is 1010 g/mol. The molecule has 3 nitrogen and oxygen atoms in total. The summed E-state index contributed by atoms with van der Waals surface area (Å²) in [4.78, 5) is 7.71. The zero-order valence-electron chi connectivity index (χ0n) is 42.4. The van der Waals surface area contributed by atoms with E-state index < -0.39 is 0 Å². The van der Waals surface area contributed by atoms with Crippen molar-refractivity contribution < 1.29 is 4.74 Å². The fraction of sp³-hybridized carbons (Fsp3) is 0. The Labute approximate surface area is 459 Å². The summed E-state index contributed by atoms with van der Waals surface area (Å²) in [6.07, 6.45) is 0. The van der Waals surface area contributed by atoms with E-state index in [0.29, 0.717) is 0 Å². The number of hydrogen-bond acceptors (Lipinski definition) is 4. The number of nitrogens with zero attached hydrogens (tertiary/aromatic N) is 2. The molecule has 0 radical (unpaired) electrons. The van der Waals surface area contributed by atoms with Crippen LogP contribution in [0.4, 0.5) is 34.1 Å². The molecule has 362 valence electrons. The van der Waals surface area contributed by atoms with E-state index in [0.717, 1.165) is 62.1 Å². The molecule has 0 atom stereocenters. The smallest absolute Gasteiger partial charge is 0.253 e. The van der Waals surface area contributed by atoms with Gasteiger partial charge in [0.15, 0.2) is 0 Å². The lowest BCUT2D eigenvalue weighted by Crippen LogP contribution is -2.64. The number of benzene rings is 12. The van der Waals surface area contributed by atoms with Gasteiger partial charge in [0.05, 0.1) is 11.4 Å². The minimum absolute atomic E-state index is 0.0424. The van der Waals surface area contributed by atoms with Crippen LogP contribution in [-0.4, -0.2) is 13.4 Å². The third-order valence-electron chi connectivity index (χ3n) is 16.4. The monoisotopic (exact) mass is 1010 g/mol. The van der Waals surface area contributed by atoms with Crippen molar-refractivity contribution in [1.82, 2.24) is 0 Å². The van der Waals surface area contributed by atoms with E-state index in [1.54, 1.807) is 0 Å². The van der Waals surface area contributed by atoms with Crippen LogP contribution in [0.5, 0.6) is 11.5 Å². The predicted molar refractivity (Wildman–Crippen MR) is 329 cm³/mol. The Morgan fingerprint density at radius 3 is 1.40 bits per heavy atom. The molecule has 16 rings (SSSR count). The molecule has 4 aliphatic heterocycles. The molecule has 78 heavy (non-hydrogen) atoms. The van der Waals surface area contributed by atoms with Crippen molar-refractivity contribution in [1.29, 1.82) is 0 Å². The van der Waals surface area contributed by atoms with Crippen molar-refractivity contribution in [3.8, 4) is 67.1 Å². The van der Waals surface area contributed by atoms with Crippen LogP contribution in [0.2, 0.25) is 0 Å². The summed E-state index contributed by atoms with van der Waals surface area (Å²) >= 11 is 1.88. The van der Waals surface area contributed by atoms with Crippen molar-refractivity contribution in [2.24, 2.45) is 0 Å². The fourth-order valence-corrected chi connectivity index (χ4v) is 14.2. The highest BCUT2D eigenvalue weighted by Crippen LogP contribution is 2.52. The summed E-state index contributed by atoms with van der Waals surface area (Å²) in [5.41, 5.74) is 26.1. The zero-order chi connectivity index (χ0) is 51.3. The molecule has 0 amide bonds. The van der Waals surface area contributed by atoms with E-state index >= 15 is 0 Å². The second-order valence-corrected chi connectivity index (χ2v) is 21.7. The molecule has 0 aromatic heterocycles. The van der Waals surface area contributed by atoms with Gasteiger partial charge in [-0.2, -0.15) is 0 Å². The van der Waals surface area contributed by atoms with Crippen molar-refractivity contribution in [3.63, 3.8) is 0 Å². The van der Waals surface area contributed by atoms with Crippen LogP contribution in [0, 0.1) is 0 Å². The summed E-state index contributed by atoms with van der Waals surface area (Å²) in [6, 6.07) is 103. The van der Waals surface area contributed by atoms with Crippen molar-refractivity contribution in [3.05, 3.63) is 279 Å². The first kappa shape index (κ1) is 44.8. The van der Waals surface area contributed by atoms with E-state index in [4.69, 9.17) is 4.74 Å². The van der Waals surface area contributed by atoms with Gasteiger partial charge in [0.25, 0.3) is 13.4 Å². The third-order valence-corrected chi connectivity index (χ3v) is 17.5. The van der Waals surface area contributed by atoms with E-state index in [2.05, 4.69) is 289 Å². The lowest BCUT2D eigenvalue weighted by Gasteiger charge is -2.46. The molecule has 0 bridgehead atoms. The first-order chi connectivity index (χ1) is 38.7. The normalized spacial score (nSPS) is 13.1. The molecule has 4 aliphatic rings. The Hall–Kier alpha value is -9.48. The van der Waals surface area contributed by atoms with Crippen LogP contribution >= 0.6 is 11.8 Å². The van der Waals surface area contributed by atoms with E-state index in [1.165, 1.54) is 81.8 Å². The molecule has 0 saturated heterocycles. The van der Waals surface area contributed by atoms with Crippen LogP contribution in [0.3, 0.4) is 0 Å². The molecule has 12 aromatic carbocycles. The molecule has 0 N–H and O–H groups in total. The Morgan fingerprint density at radius 2 is 0.756 bits per heavy atom. The quantitative estimate of drug-likeness (QED) is 0.148. The number of hydrogen-bond donors (Lipinski definition) is 0. The molecule has 0 spiro atoms. The van der Waals surface area contributed by atoms with Crippen molar-refractivity contribution in [2.45, 2.75) is 9.79 Å². The van der Waals surface area contributed by atoms with Gasteiger partial charge in [-0.25, -0.2) is 0 Å². The predicted octanol–water partition coefficient (Wildman–Crippen LogP) is 15.2. The number of fused-ring (bicyclic) bond motifs is 8. The van der Waals surface area contributed by atoms with E-state index in [-0.39, 0.29) is 13.4 Å². The standard InChI is InChI=1S/C72H46B2N2OS/c1-6-23-47(24-7-1)52-41-64-70-65(42-52)76(72-55(50-29-12-4-13-30-50)34-22-35-56(72)51-31-14-5-15-32-51)62-39-20-17-36-57(62)73(70)59-45-60-68(46-63(59)75(64)61-38-19-16-33-54(61)49-27-10-3-11-28-49)78-69-44-53(48-25-8-2-9-26-48)43-67-71(69)74(60)58-37-18-21-40-66(58)77-67/h1-46H. The maximum atomic E-state index is 6.96. The maximum Gasteiger partial charge on any atom is 0.253 e. The Balaban J connectivity index is 1.03. The average Bonchev–Trinajstić information content (AvgIpc) is 2.76. The van der Waals surface area contributed by atoms with Gasteiger partial charge in [-0.3, -0.25) is 0 Å². The highest BCUT2D eigenvalue weighted by Gasteiger charge is 2.47. The zero-order valence-corrected chi connectivity index (χ0v) is 43.2. The van der Waals surface area contributed by atoms with Gasteiger partial charge < -0.3 is 14.5 Å². The van der Waals surface area contributed by atoms with Crippen LogP contribution in [0.25, 0.3) is 55.6 Å². The van der Waals surface area contributed by atoms with Gasteiger partial charge in [-0.05, 0) is 115 Å². The van der Waals surface area contributed by atoms with Gasteiger partial charge in [-0.1, -0.05) is 248 Å². The van der Waals surface area contributed by atoms with Gasteiger partial charge in [0.1, 0.15) is 11.5 Å². The maximum absolute atomic E-state index is 6.96. The Morgan fingerprint density at radius 1 is 0.269 bits per heavy atom. The Bertz CT molecular complexity index is 4290. The minimum atomic E-state index is -0.127. The molecule has 0 saturated carbocycles. The highest BCUT2D eigenvalue weighted by atomic mass is 32.2. The topological polar surface area (TPSA) is 15.7 Å². The van der Waals surface area contributed by atoms with E-state index in [9.17, 15) is 0 Å². The van der Waals surface area contributed by atoms with Gasteiger partial charge in [-0.15, -0.1) is 0 Å². The number of anilines is 6. The summed E-state index contributed by atoms with van der Waals surface area (Å²) in [5.74, 6) is 1.83. The molecular weight excluding hydrogens is 962 g/mol. The van der Waals surface area contributed by atoms with Gasteiger partial charge >= 0.3 is 0 Å². The molecule has 0 unspecified atom stereocenters. The second-order valence-electron chi connectivity index (χ2n) is 20.6. The lowest BCUT2D eigenvalue weighted by atomic mass is 9.31. The van der Waals surface area contributed by atoms with Crippen LogP contribution in [-0.2, 0) is 0 Å². The van der Waals surface area contributed by atoms with Gasteiger partial charge in [0.2, 0.25) is 0 Å². The van der Waals surface area contributed by atoms with Crippen LogP contribution in [0.15, 0.2) is 289 Å². The number of ether oxygens (including phenoxy) is 1. The number of rotatable bonds is 7. The molecule has 4 heterocycles. The van der Waals surface area contributed by atoms with Gasteiger partial charge in [0, 0.05) is 49.2 Å². The summed E-state index contributed by atoms with van der Waals surface area (Å²) in [7, 11) is 0. The molecule has 12 aromatic rings. The van der Waals surface area contributed by atoms with Crippen LogP contribution in [0.1, 0.15) is 0 Å². The molecule has 0 fully saturated rings. The SMILES string of the molecule is c1ccc(-c2cc3c4c(c2)Sc2cc5c(cc2B4c2ccccc2O3)B2c3ccccc3N(c3c(-c4ccccc4)cccc3-c3ccccc3)c3cc(-c4ccccc4)cc(c32)N5c2ccccc2-c2ccccc2)cc1. The van der Waals surface area contributed by atoms with Crippen molar-refractivity contribution in [2.75, 3.05) is 9.80 Å². The largest absolute Gasteiger partial charge is 0.458 e. The third kappa shape index (κ3) is 7.03. The van der Waals surface area contributed by atoms with E-state index in [1.807, 2.05) is 11.8 Å². The summed E-state index contributed by atoms with van der Waals surface area (Å²) in [6.45, 7) is -0.169. The first-order valence-corrected chi connectivity index (χ1v) is 27.7. The minimum Gasteiger partial charge on any atom is -0.458 e. The molecular formula is C72H46B2N2OS. The highest BCUT2D eigenvalue weighted by molar-refractivity contribution is 8.00. The summed E-state index contributed by atoms with van der Waals surface area (Å²) in [5, 5.41) is 0. The first-order valence-electron chi connectivity index (χ1n) is 26.9.